The molecule has 12 heteroatoms. The maximum absolute atomic E-state index is 14.1. The SMILES string of the molecule is C#CCCN(C)[C@H]1C[C@@H](C)O[C@@H](O[C@@H]2[C@@H](C)C(=O)[C@@H](C)C(O)O[C@H](CC)[C@@](C)(O)[C@H](O)[C@@H](C)C(=O)[C@H](C)C[C@@]2(C)OC)[C@@H]1OC(C)=O. The fraction of sp³-hybridized carbons (Fsp3) is 0.857. The van der Waals surface area contributed by atoms with Gasteiger partial charge < -0.3 is 39.0 Å². The number of likely N-dealkylation sites (N-methyl/N-ethyl adjacent to an activating group) is 1. The van der Waals surface area contributed by atoms with Crippen LogP contribution in [0.25, 0.3) is 0 Å². The van der Waals surface area contributed by atoms with Gasteiger partial charge in [0.25, 0.3) is 0 Å². The van der Waals surface area contributed by atoms with E-state index in [0.717, 1.165) is 0 Å². The molecule has 2 aliphatic heterocycles. The van der Waals surface area contributed by atoms with Crippen LogP contribution in [0.4, 0.5) is 0 Å². The van der Waals surface area contributed by atoms with Gasteiger partial charge in [0.2, 0.25) is 0 Å². The number of esters is 1. The summed E-state index contributed by atoms with van der Waals surface area (Å²) in [6.07, 6.45) is -0.904. The quantitative estimate of drug-likeness (QED) is 0.256. The van der Waals surface area contributed by atoms with E-state index in [1.54, 1.807) is 27.7 Å². The molecule has 0 aromatic rings. The van der Waals surface area contributed by atoms with Crippen molar-refractivity contribution in [2.45, 2.75) is 148 Å². The maximum atomic E-state index is 14.1. The molecule has 0 amide bonds. The summed E-state index contributed by atoms with van der Waals surface area (Å²) in [7, 11) is 3.34. The Balaban J connectivity index is 2.68. The number of nitrogens with zero attached hydrogens (tertiary/aromatic N) is 1. The summed E-state index contributed by atoms with van der Waals surface area (Å²) in [6.45, 7) is 14.9. The van der Waals surface area contributed by atoms with Crippen LogP contribution in [0.5, 0.6) is 0 Å². The first-order chi connectivity index (χ1) is 21.8. The van der Waals surface area contributed by atoms with Gasteiger partial charge in [-0.15, -0.1) is 12.3 Å². The number of carbonyl (C=O) groups is 3. The average molecular weight is 670 g/mol. The molecule has 0 saturated carbocycles. The van der Waals surface area contributed by atoms with E-state index < -0.39 is 83.6 Å². The molecule has 12 nitrogen and oxygen atoms in total. The number of hydrogen-bond acceptors (Lipinski definition) is 12. The molecular weight excluding hydrogens is 610 g/mol. The van der Waals surface area contributed by atoms with Gasteiger partial charge >= 0.3 is 5.97 Å². The number of Topliss-reactive ketones (excluding diaryl/α,β-unsaturated/α-hetero) is 2. The Labute approximate surface area is 280 Å². The number of rotatable bonds is 8. The molecule has 2 saturated heterocycles. The monoisotopic (exact) mass is 669 g/mol. The number of methoxy groups -OCH3 is 1. The van der Waals surface area contributed by atoms with Crippen LogP contribution in [-0.4, -0.2) is 119 Å². The fourth-order valence-electron chi connectivity index (χ4n) is 7.19. The summed E-state index contributed by atoms with van der Waals surface area (Å²) < 4.78 is 30.7. The van der Waals surface area contributed by atoms with Crippen LogP contribution in [-0.2, 0) is 38.1 Å². The molecule has 47 heavy (non-hydrogen) atoms. The summed E-state index contributed by atoms with van der Waals surface area (Å²) in [5, 5.41) is 33.7. The van der Waals surface area contributed by atoms with Gasteiger partial charge in [0, 0.05) is 44.8 Å². The van der Waals surface area contributed by atoms with Crippen LogP contribution in [0.2, 0.25) is 0 Å². The third-order valence-electron chi connectivity index (χ3n) is 10.2. The smallest absolute Gasteiger partial charge is 0.303 e. The van der Waals surface area contributed by atoms with E-state index in [1.807, 2.05) is 18.9 Å². The normalized spacial score (nSPS) is 42.9. The predicted octanol–water partition coefficient (Wildman–Crippen LogP) is 2.48. The van der Waals surface area contributed by atoms with Gasteiger partial charge in [-0.05, 0) is 47.1 Å². The summed E-state index contributed by atoms with van der Waals surface area (Å²) >= 11 is 0. The number of hydrogen-bond donors (Lipinski definition) is 3. The van der Waals surface area contributed by atoms with Gasteiger partial charge in [-0.1, -0.05) is 34.6 Å². The van der Waals surface area contributed by atoms with Crippen molar-refractivity contribution in [2.75, 3.05) is 20.7 Å². The van der Waals surface area contributed by atoms with E-state index in [4.69, 9.17) is 30.1 Å². The lowest BCUT2D eigenvalue weighted by molar-refractivity contribution is -0.299. The minimum absolute atomic E-state index is 0.0699. The number of aliphatic hydroxyl groups is 3. The number of carbonyl (C=O) groups excluding carboxylic acids is 3. The molecule has 0 aromatic heterocycles. The Morgan fingerprint density at radius 1 is 1.06 bits per heavy atom. The van der Waals surface area contributed by atoms with Crippen molar-refractivity contribution in [3.8, 4) is 12.3 Å². The van der Waals surface area contributed by atoms with Gasteiger partial charge in [0.15, 0.2) is 18.7 Å². The van der Waals surface area contributed by atoms with Crippen LogP contribution in [0.1, 0.15) is 88.0 Å². The van der Waals surface area contributed by atoms with E-state index in [1.165, 1.54) is 34.8 Å². The fourth-order valence-corrected chi connectivity index (χ4v) is 7.19. The van der Waals surface area contributed by atoms with Crippen molar-refractivity contribution in [1.29, 1.82) is 0 Å². The summed E-state index contributed by atoms with van der Waals surface area (Å²) in [4.78, 5) is 42.2. The van der Waals surface area contributed by atoms with E-state index in [2.05, 4.69) is 5.92 Å². The lowest BCUT2D eigenvalue weighted by atomic mass is 9.74. The van der Waals surface area contributed by atoms with Gasteiger partial charge in [-0.3, -0.25) is 19.3 Å². The molecule has 3 N–H and O–H groups in total. The molecule has 0 aliphatic carbocycles. The van der Waals surface area contributed by atoms with Gasteiger partial charge in [0.05, 0.1) is 42.0 Å². The van der Waals surface area contributed by atoms with Crippen LogP contribution < -0.4 is 0 Å². The van der Waals surface area contributed by atoms with Gasteiger partial charge in [0.1, 0.15) is 17.2 Å². The molecule has 2 fully saturated rings. The Bertz CT molecular complexity index is 1110. The topological polar surface area (TPSA) is 161 Å². The molecule has 2 rings (SSSR count). The molecule has 14 atom stereocenters. The second kappa shape index (κ2) is 17.1. The van der Waals surface area contributed by atoms with Gasteiger partial charge in [-0.2, -0.15) is 0 Å². The minimum Gasteiger partial charge on any atom is -0.455 e. The summed E-state index contributed by atoms with van der Waals surface area (Å²) in [5.41, 5.74) is -3.21. The zero-order valence-electron chi connectivity index (χ0n) is 30.1. The van der Waals surface area contributed by atoms with E-state index >= 15 is 0 Å². The van der Waals surface area contributed by atoms with Crippen molar-refractivity contribution in [1.82, 2.24) is 4.90 Å². The lowest BCUT2D eigenvalue weighted by Gasteiger charge is -2.48. The third-order valence-corrected chi connectivity index (χ3v) is 10.2. The molecule has 2 aliphatic rings. The number of aliphatic hydroxyl groups excluding tert-OH is 2. The predicted molar refractivity (Wildman–Crippen MR) is 174 cm³/mol. The zero-order valence-corrected chi connectivity index (χ0v) is 30.1. The molecule has 1 unspecified atom stereocenters. The largest absolute Gasteiger partial charge is 0.455 e. The van der Waals surface area contributed by atoms with Crippen molar-refractivity contribution in [3.05, 3.63) is 0 Å². The highest BCUT2D eigenvalue weighted by Crippen LogP contribution is 2.39. The first-order valence-electron chi connectivity index (χ1n) is 16.8. The van der Waals surface area contributed by atoms with Crippen molar-refractivity contribution in [2.24, 2.45) is 23.7 Å². The second-order valence-electron chi connectivity index (χ2n) is 14.1. The highest BCUT2D eigenvalue weighted by Gasteiger charge is 2.52. The van der Waals surface area contributed by atoms with Crippen LogP contribution >= 0.6 is 0 Å². The second-order valence-corrected chi connectivity index (χ2v) is 14.1. The van der Waals surface area contributed by atoms with E-state index in [-0.39, 0.29) is 30.8 Å². The molecule has 0 aromatic carbocycles. The van der Waals surface area contributed by atoms with Crippen molar-refractivity contribution >= 4 is 17.5 Å². The standard InChI is InChI=1S/C35H59NO11/c1-13-15-16-36(11)25-17-20(4)44-33(29(25)45-24(8)37)47-31-22(6)28(39)23(7)32(41)46-26(14-2)35(10,42)30(40)21(5)27(38)19(3)18-34(31,9)43-12/h1,19-23,25-26,29-33,40-42H,14-18H2,2-12H3/t19-,20-,21+,22+,23-,25+,26-,29-,30-,31-,32?,33+,34-,35-/m1/s1. The molecule has 0 spiro atoms. The van der Waals surface area contributed by atoms with E-state index in [9.17, 15) is 29.7 Å². The Hall–Kier alpha value is -1.95. The minimum atomic E-state index is -1.91. The highest BCUT2D eigenvalue weighted by molar-refractivity contribution is 5.84. The summed E-state index contributed by atoms with van der Waals surface area (Å²) in [5.74, 6) is -2.43. The molecule has 0 bridgehead atoms. The van der Waals surface area contributed by atoms with Crippen molar-refractivity contribution in [3.63, 3.8) is 0 Å². The number of ketones is 2. The summed E-state index contributed by atoms with van der Waals surface area (Å²) in [6, 6.07) is -0.324. The Kier molecular flexibility index (Phi) is 15.0. The molecular formula is C35H59NO11. The molecule has 0 radical (unpaired) electrons. The van der Waals surface area contributed by atoms with E-state index in [0.29, 0.717) is 19.4 Å². The number of terminal acetylenes is 1. The molecule has 270 valence electrons. The Morgan fingerprint density at radius 2 is 1.68 bits per heavy atom. The average Bonchev–Trinajstić information content (AvgIpc) is 3.02. The highest BCUT2D eigenvalue weighted by atomic mass is 16.7. The first kappa shape index (κ1) is 41.2. The van der Waals surface area contributed by atoms with Crippen LogP contribution in [0.15, 0.2) is 0 Å². The zero-order chi connectivity index (χ0) is 36.0. The van der Waals surface area contributed by atoms with Crippen LogP contribution in [0.3, 0.4) is 0 Å². The molecule has 2 heterocycles. The maximum Gasteiger partial charge on any atom is 0.303 e. The lowest BCUT2D eigenvalue weighted by Crippen LogP contribution is -2.61. The van der Waals surface area contributed by atoms with Gasteiger partial charge in [-0.25, -0.2) is 0 Å². The number of ether oxygens (including phenoxy) is 5. The van der Waals surface area contributed by atoms with Crippen LogP contribution in [0, 0.1) is 36.0 Å². The Morgan fingerprint density at radius 3 is 2.21 bits per heavy atom. The third kappa shape index (κ3) is 9.61. The first-order valence-corrected chi connectivity index (χ1v) is 16.8. The van der Waals surface area contributed by atoms with Crippen molar-refractivity contribution < 1.29 is 53.4 Å².